The minimum absolute atomic E-state index is 0.00452. The summed E-state index contributed by atoms with van der Waals surface area (Å²) in [4.78, 5) is 52.9. The van der Waals surface area contributed by atoms with Crippen LogP contribution >= 0.6 is 0 Å². The molecule has 10 heteroatoms. The maximum Gasteiger partial charge on any atom is 0.322 e. The second-order valence-corrected chi connectivity index (χ2v) is 7.04. The number of carboxylic acid groups (broad SMARTS) is 1. The number of Topliss-reactive ketones (excluding diaryl/α,β-unsaturated/α-hetero) is 1. The van der Waals surface area contributed by atoms with Gasteiger partial charge >= 0.3 is 5.97 Å². The van der Waals surface area contributed by atoms with Gasteiger partial charge in [-0.25, -0.2) is 9.37 Å². The summed E-state index contributed by atoms with van der Waals surface area (Å²) in [5.74, 6) is -4.59. The normalized spacial score (nSPS) is 16.2. The van der Waals surface area contributed by atoms with Gasteiger partial charge in [0.05, 0.1) is 0 Å². The summed E-state index contributed by atoms with van der Waals surface area (Å²) in [7, 11) is 0. The average molecular weight is 429 g/mol. The SMILES string of the molecule is Cc1cc(Oc2ccc(CN3CCC(=O)C(C(=O)NCC(=O)O)C3=O)cn2)ccc1F. The highest BCUT2D eigenvalue weighted by Crippen LogP contribution is 2.23. The zero-order valence-corrected chi connectivity index (χ0v) is 16.6. The van der Waals surface area contributed by atoms with Crippen molar-refractivity contribution in [3.05, 3.63) is 53.5 Å². The number of aromatic nitrogens is 1. The van der Waals surface area contributed by atoms with Gasteiger partial charge in [-0.15, -0.1) is 0 Å². The number of nitrogens with zero attached hydrogens (tertiary/aromatic N) is 2. The van der Waals surface area contributed by atoms with Crippen molar-refractivity contribution < 1.29 is 33.4 Å². The molecule has 1 aromatic heterocycles. The Labute approximate surface area is 176 Å². The maximum absolute atomic E-state index is 13.3. The van der Waals surface area contributed by atoms with Gasteiger partial charge in [-0.2, -0.15) is 0 Å². The van der Waals surface area contributed by atoms with Gasteiger partial charge < -0.3 is 20.1 Å². The highest BCUT2D eigenvalue weighted by atomic mass is 19.1. The fourth-order valence-corrected chi connectivity index (χ4v) is 3.09. The molecule has 0 bridgehead atoms. The number of carbonyl (C=O) groups excluding carboxylic acids is 3. The largest absolute Gasteiger partial charge is 0.480 e. The first-order valence-electron chi connectivity index (χ1n) is 9.44. The molecule has 1 fully saturated rings. The quantitative estimate of drug-likeness (QED) is 0.638. The predicted molar refractivity (Wildman–Crippen MR) is 105 cm³/mol. The van der Waals surface area contributed by atoms with Crippen LogP contribution in [0.3, 0.4) is 0 Å². The Kier molecular flexibility index (Phi) is 6.58. The molecule has 1 saturated heterocycles. The standard InChI is InChI=1S/C21H20FN3O6/c1-12-8-14(3-4-15(12)22)31-17-5-2-13(9-23-17)11-25-7-6-16(26)19(21(25)30)20(29)24-10-18(27)28/h2-5,8-9,19H,6-7,10-11H2,1H3,(H,24,29)(H,27,28). The van der Waals surface area contributed by atoms with Crippen LogP contribution in [-0.2, 0) is 25.7 Å². The number of likely N-dealkylation sites (tertiary alicyclic amines) is 1. The van der Waals surface area contributed by atoms with Crippen LogP contribution in [0, 0.1) is 18.7 Å². The summed E-state index contributed by atoms with van der Waals surface area (Å²) in [5.41, 5.74) is 1.09. The van der Waals surface area contributed by atoms with Crippen molar-refractivity contribution in [2.24, 2.45) is 5.92 Å². The lowest BCUT2D eigenvalue weighted by atomic mass is 9.94. The first-order chi connectivity index (χ1) is 14.7. The molecule has 31 heavy (non-hydrogen) atoms. The van der Waals surface area contributed by atoms with Gasteiger partial charge in [0.15, 0.2) is 11.7 Å². The van der Waals surface area contributed by atoms with Crippen LogP contribution in [0.25, 0.3) is 0 Å². The van der Waals surface area contributed by atoms with E-state index in [0.717, 1.165) is 0 Å². The molecule has 1 aliphatic heterocycles. The first kappa shape index (κ1) is 21.9. The van der Waals surface area contributed by atoms with Crippen LogP contribution < -0.4 is 10.1 Å². The van der Waals surface area contributed by atoms with E-state index in [1.54, 1.807) is 25.1 Å². The van der Waals surface area contributed by atoms with E-state index in [4.69, 9.17) is 9.84 Å². The minimum Gasteiger partial charge on any atom is -0.480 e. The number of hydrogen-bond donors (Lipinski definition) is 2. The predicted octanol–water partition coefficient (Wildman–Crippen LogP) is 1.44. The third-order valence-electron chi connectivity index (χ3n) is 4.71. The number of aliphatic carboxylic acids is 1. The Balaban J connectivity index is 1.64. The zero-order chi connectivity index (χ0) is 22.5. The molecule has 9 nitrogen and oxygen atoms in total. The maximum atomic E-state index is 13.3. The molecule has 1 unspecified atom stereocenters. The van der Waals surface area contributed by atoms with E-state index in [1.165, 1.54) is 23.2 Å². The lowest BCUT2D eigenvalue weighted by molar-refractivity contribution is -0.152. The van der Waals surface area contributed by atoms with E-state index in [9.17, 15) is 23.6 Å². The zero-order valence-electron chi connectivity index (χ0n) is 16.6. The molecule has 2 N–H and O–H groups in total. The Hall–Kier alpha value is -3.82. The summed E-state index contributed by atoms with van der Waals surface area (Å²) >= 11 is 0. The number of piperidine rings is 1. The minimum atomic E-state index is -1.55. The van der Waals surface area contributed by atoms with Gasteiger partial charge in [-0.05, 0) is 36.2 Å². The lowest BCUT2D eigenvalue weighted by Crippen LogP contribution is -2.52. The molecule has 3 rings (SSSR count). The highest BCUT2D eigenvalue weighted by molar-refractivity contribution is 6.19. The van der Waals surface area contributed by atoms with Crippen molar-refractivity contribution in [3.8, 4) is 11.6 Å². The number of benzene rings is 1. The van der Waals surface area contributed by atoms with E-state index in [1.807, 2.05) is 0 Å². The number of ketones is 1. The van der Waals surface area contributed by atoms with E-state index in [2.05, 4.69) is 10.3 Å². The number of rotatable bonds is 7. The van der Waals surface area contributed by atoms with Gasteiger partial charge in [0.2, 0.25) is 17.7 Å². The van der Waals surface area contributed by atoms with E-state index in [-0.39, 0.29) is 31.2 Å². The Morgan fingerprint density at radius 1 is 1.29 bits per heavy atom. The number of amides is 2. The average Bonchev–Trinajstić information content (AvgIpc) is 2.73. The highest BCUT2D eigenvalue weighted by Gasteiger charge is 2.40. The van der Waals surface area contributed by atoms with Crippen LogP contribution in [0.4, 0.5) is 4.39 Å². The van der Waals surface area contributed by atoms with Crippen LogP contribution in [0.2, 0.25) is 0 Å². The molecule has 2 aromatic rings. The van der Waals surface area contributed by atoms with E-state index in [0.29, 0.717) is 16.9 Å². The molecule has 1 aliphatic rings. The van der Waals surface area contributed by atoms with E-state index < -0.39 is 36.0 Å². The molecule has 1 atom stereocenters. The summed E-state index contributed by atoms with van der Waals surface area (Å²) in [5, 5.41) is 10.7. The van der Waals surface area contributed by atoms with Crippen molar-refractivity contribution >= 4 is 23.6 Å². The molecule has 2 heterocycles. The van der Waals surface area contributed by atoms with Gasteiger partial charge in [0.25, 0.3) is 0 Å². The van der Waals surface area contributed by atoms with Crippen molar-refractivity contribution in [3.63, 3.8) is 0 Å². The van der Waals surface area contributed by atoms with Crippen molar-refractivity contribution in [2.75, 3.05) is 13.1 Å². The topological polar surface area (TPSA) is 126 Å². The molecule has 0 spiro atoms. The van der Waals surface area contributed by atoms with Crippen molar-refractivity contribution in [1.82, 2.24) is 15.2 Å². The van der Waals surface area contributed by atoms with Crippen LogP contribution in [0.1, 0.15) is 17.5 Å². The second kappa shape index (κ2) is 9.33. The first-order valence-corrected chi connectivity index (χ1v) is 9.44. The van der Waals surface area contributed by atoms with Crippen molar-refractivity contribution in [1.29, 1.82) is 0 Å². The number of carbonyl (C=O) groups is 4. The smallest absolute Gasteiger partial charge is 0.322 e. The number of halogens is 1. The summed E-state index contributed by atoms with van der Waals surface area (Å²) < 4.78 is 18.9. The molecule has 0 saturated carbocycles. The second-order valence-electron chi connectivity index (χ2n) is 7.04. The summed E-state index contributed by atoms with van der Waals surface area (Å²) in [6.07, 6.45) is 1.49. The molecule has 2 amide bonds. The number of pyridine rings is 1. The molecular formula is C21H20FN3O6. The van der Waals surface area contributed by atoms with E-state index >= 15 is 0 Å². The number of aryl methyl sites for hydroxylation is 1. The Bertz CT molecular complexity index is 1020. The van der Waals surface area contributed by atoms with Crippen LogP contribution in [-0.4, -0.2) is 51.6 Å². The third kappa shape index (κ3) is 5.41. The van der Waals surface area contributed by atoms with Gasteiger partial charge in [-0.3, -0.25) is 19.2 Å². The van der Waals surface area contributed by atoms with Crippen LogP contribution in [0.15, 0.2) is 36.5 Å². The summed E-state index contributed by atoms with van der Waals surface area (Å²) in [6, 6.07) is 7.60. The number of ether oxygens (including phenoxy) is 1. The fourth-order valence-electron chi connectivity index (χ4n) is 3.09. The van der Waals surface area contributed by atoms with Gasteiger partial charge in [-0.1, -0.05) is 6.07 Å². The Morgan fingerprint density at radius 2 is 2.06 bits per heavy atom. The van der Waals surface area contributed by atoms with Gasteiger partial charge in [0.1, 0.15) is 18.1 Å². The van der Waals surface area contributed by atoms with Gasteiger partial charge in [0, 0.05) is 31.8 Å². The molecule has 1 aromatic carbocycles. The molecule has 162 valence electrons. The lowest BCUT2D eigenvalue weighted by Gasteiger charge is -2.30. The van der Waals surface area contributed by atoms with Crippen molar-refractivity contribution in [2.45, 2.75) is 19.9 Å². The summed E-state index contributed by atoms with van der Waals surface area (Å²) in [6.45, 7) is 1.22. The molecular weight excluding hydrogens is 409 g/mol. The number of carboxylic acids is 1. The fraction of sp³-hybridized carbons (Fsp3) is 0.286. The Morgan fingerprint density at radius 3 is 2.71 bits per heavy atom. The molecule has 0 aliphatic carbocycles. The molecule has 0 radical (unpaired) electrons. The number of hydrogen-bond acceptors (Lipinski definition) is 6. The monoisotopic (exact) mass is 429 g/mol. The third-order valence-corrected chi connectivity index (χ3v) is 4.71. The van der Waals surface area contributed by atoms with Crippen LogP contribution in [0.5, 0.6) is 11.6 Å². The number of nitrogens with one attached hydrogen (secondary N) is 1.